The molecule has 0 aromatic heterocycles. The Hall–Kier alpha value is -0.650. The monoisotopic (exact) mass is 474 g/mol. The van der Waals surface area contributed by atoms with Crippen LogP contribution in [0.3, 0.4) is 0 Å². The molecule has 5 saturated carbocycles. The van der Waals surface area contributed by atoms with Crippen LogP contribution in [0.4, 0.5) is 0 Å². The van der Waals surface area contributed by atoms with Crippen LogP contribution in [-0.2, 0) is 14.3 Å². The van der Waals surface area contributed by atoms with E-state index in [1.807, 2.05) is 0 Å². The summed E-state index contributed by atoms with van der Waals surface area (Å²) in [6, 6.07) is 0. The summed E-state index contributed by atoms with van der Waals surface area (Å²) in [6.45, 7) is 9.59. The van der Waals surface area contributed by atoms with Crippen LogP contribution < -0.4 is 0 Å². The number of aliphatic hydroxyl groups is 2. The molecule has 0 aromatic carbocycles. The van der Waals surface area contributed by atoms with Crippen molar-refractivity contribution >= 4 is 5.97 Å². The van der Waals surface area contributed by atoms with E-state index in [4.69, 9.17) is 9.47 Å². The summed E-state index contributed by atoms with van der Waals surface area (Å²) in [5.74, 6) is 1.56. The zero-order chi connectivity index (χ0) is 24.3. The summed E-state index contributed by atoms with van der Waals surface area (Å²) in [4.78, 5) is 11.8. The highest BCUT2D eigenvalue weighted by atomic mass is 16.7. The lowest BCUT2D eigenvalue weighted by atomic mass is 9.49. The van der Waals surface area contributed by atoms with Crippen molar-refractivity contribution in [3.8, 4) is 0 Å². The molecule has 0 radical (unpaired) electrons. The molecule has 5 heteroatoms. The fourth-order valence-corrected chi connectivity index (χ4v) is 10.9. The molecule has 0 aromatic rings. The number of carbonyl (C=O) groups excluding carboxylic acids is 1. The molecule has 6 unspecified atom stereocenters. The highest BCUT2D eigenvalue weighted by molar-refractivity contribution is 5.66. The van der Waals surface area contributed by atoms with Crippen LogP contribution >= 0.6 is 0 Å². The lowest BCUT2D eigenvalue weighted by Crippen LogP contribution is -2.56. The first-order valence-electron chi connectivity index (χ1n) is 14.1. The van der Waals surface area contributed by atoms with Gasteiger partial charge in [-0.15, -0.1) is 0 Å². The molecule has 1 heterocycles. The van der Waals surface area contributed by atoms with E-state index in [1.165, 1.54) is 58.3 Å². The van der Waals surface area contributed by atoms with Crippen LogP contribution in [-0.4, -0.2) is 39.8 Å². The quantitative estimate of drug-likeness (QED) is 0.549. The van der Waals surface area contributed by atoms with Gasteiger partial charge in [0.2, 0.25) is 0 Å². The highest BCUT2D eigenvalue weighted by Crippen LogP contribution is 2.86. The van der Waals surface area contributed by atoms with E-state index >= 15 is 0 Å². The van der Waals surface area contributed by atoms with E-state index in [1.54, 1.807) is 13.8 Å². The van der Waals surface area contributed by atoms with Gasteiger partial charge in [0.05, 0.1) is 5.60 Å². The zero-order valence-corrected chi connectivity index (χ0v) is 21.9. The van der Waals surface area contributed by atoms with Crippen molar-refractivity contribution in [2.45, 2.75) is 129 Å². The molecule has 192 valence electrons. The van der Waals surface area contributed by atoms with Crippen LogP contribution in [0.25, 0.3) is 0 Å². The predicted octanol–water partition coefficient (Wildman–Crippen LogP) is 5.22. The lowest BCUT2D eigenvalue weighted by Gasteiger charge is -2.56. The standard InChI is InChI=1S/C29H46O5/c1-17-10-11-27-16-28(27)13-12-26(5)21(20(28)7-6-19(27)14-17)15-29(32)23(26)9-8-22(34-29)24(25(3,4)31)33-18(2)30/h17,19-24,31-32H,6-16H2,1-5H3/t17-,19?,20?,21?,22?,23+,24-,26?,27?,28-,29-/m0/s1. The molecule has 2 N–H and O–H groups in total. The van der Waals surface area contributed by atoms with Gasteiger partial charge in [-0.2, -0.15) is 0 Å². The number of ether oxygens (including phenoxy) is 2. The number of hydrogen-bond donors (Lipinski definition) is 2. The Morgan fingerprint density at radius 2 is 1.82 bits per heavy atom. The molecule has 11 atom stereocenters. The molecule has 2 spiro atoms. The van der Waals surface area contributed by atoms with Gasteiger partial charge in [0.25, 0.3) is 0 Å². The number of esters is 1. The summed E-state index contributed by atoms with van der Waals surface area (Å²) >= 11 is 0. The Labute approximate surface area is 205 Å². The number of hydrogen-bond acceptors (Lipinski definition) is 5. The third-order valence-electron chi connectivity index (χ3n) is 12.3. The molecule has 6 fully saturated rings. The average Bonchev–Trinajstić information content (AvgIpc) is 3.34. The van der Waals surface area contributed by atoms with Crippen molar-refractivity contribution < 1.29 is 24.5 Å². The fraction of sp³-hybridized carbons (Fsp3) is 0.966. The Morgan fingerprint density at radius 1 is 1.06 bits per heavy atom. The lowest BCUT2D eigenvalue weighted by molar-refractivity contribution is -0.306. The van der Waals surface area contributed by atoms with Gasteiger partial charge in [0.1, 0.15) is 6.10 Å². The molecule has 6 aliphatic rings. The molecular weight excluding hydrogens is 428 g/mol. The molecular formula is C29H46O5. The summed E-state index contributed by atoms with van der Waals surface area (Å²) in [6.07, 6.45) is 12.0. The second-order valence-electron chi connectivity index (χ2n) is 14.4. The first kappa shape index (κ1) is 23.7. The average molecular weight is 475 g/mol. The predicted molar refractivity (Wildman–Crippen MR) is 129 cm³/mol. The smallest absolute Gasteiger partial charge is 0.303 e. The second-order valence-corrected chi connectivity index (χ2v) is 14.4. The van der Waals surface area contributed by atoms with Crippen LogP contribution in [0.1, 0.15) is 105 Å². The maximum Gasteiger partial charge on any atom is 0.303 e. The van der Waals surface area contributed by atoms with Crippen LogP contribution in [0.5, 0.6) is 0 Å². The topological polar surface area (TPSA) is 76.0 Å². The van der Waals surface area contributed by atoms with Crippen molar-refractivity contribution in [2.75, 3.05) is 0 Å². The molecule has 5 aliphatic carbocycles. The van der Waals surface area contributed by atoms with Gasteiger partial charge in [0.15, 0.2) is 11.9 Å². The maximum atomic E-state index is 12.0. The van der Waals surface area contributed by atoms with Crippen LogP contribution in [0, 0.1) is 45.8 Å². The Kier molecular flexibility index (Phi) is 5.04. The normalized spacial score (nSPS) is 54.6. The maximum absolute atomic E-state index is 12.0. The summed E-state index contributed by atoms with van der Waals surface area (Å²) in [7, 11) is 0. The Balaban J connectivity index is 1.27. The first-order chi connectivity index (χ1) is 15.8. The van der Waals surface area contributed by atoms with E-state index in [9.17, 15) is 15.0 Å². The van der Waals surface area contributed by atoms with Crippen LogP contribution in [0.2, 0.25) is 0 Å². The van der Waals surface area contributed by atoms with Gasteiger partial charge in [-0.3, -0.25) is 4.79 Å². The summed E-state index contributed by atoms with van der Waals surface area (Å²) in [5.41, 5.74) is 0.0113. The third kappa shape index (κ3) is 3.05. The molecule has 0 bridgehead atoms. The van der Waals surface area contributed by atoms with Crippen molar-refractivity contribution in [3.05, 3.63) is 0 Å². The van der Waals surface area contributed by atoms with E-state index < -0.39 is 29.6 Å². The first-order valence-corrected chi connectivity index (χ1v) is 14.1. The molecule has 6 rings (SSSR count). The van der Waals surface area contributed by atoms with Gasteiger partial charge in [-0.1, -0.05) is 20.3 Å². The third-order valence-corrected chi connectivity index (χ3v) is 12.3. The van der Waals surface area contributed by atoms with Gasteiger partial charge in [-0.05, 0) is 112 Å². The Bertz CT molecular complexity index is 865. The molecule has 1 saturated heterocycles. The second kappa shape index (κ2) is 7.22. The van der Waals surface area contributed by atoms with Crippen molar-refractivity contribution in [1.82, 2.24) is 0 Å². The minimum atomic E-state index is -1.23. The van der Waals surface area contributed by atoms with Gasteiger partial charge >= 0.3 is 5.97 Å². The van der Waals surface area contributed by atoms with Gasteiger partial charge in [-0.25, -0.2) is 0 Å². The summed E-state index contributed by atoms with van der Waals surface area (Å²) < 4.78 is 12.1. The van der Waals surface area contributed by atoms with E-state index in [-0.39, 0.29) is 11.3 Å². The summed E-state index contributed by atoms with van der Waals surface area (Å²) in [5, 5.41) is 22.8. The van der Waals surface area contributed by atoms with E-state index in [0.717, 1.165) is 18.3 Å². The zero-order valence-electron chi connectivity index (χ0n) is 21.9. The van der Waals surface area contributed by atoms with Gasteiger partial charge in [0, 0.05) is 19.3 Å². The Morgan fingerprint density at radius 3 is 2.53 bits per heavy atom. The molecule has 34 heavy (non-hydrogen) atoms. The van der Waals surface area contributed by atoms with Crippen molar-refractivity contribution in [2.24, 2.45) is 45.8 Å². The number of fused-ring (bicyclic) bond motifs is 4. The number of carbonyl (C=O) groups is 1. The SMILES string of the molecule is CC(=O)O[C@@H](C1CC[C@@H]2C3(C)CC[C@@]45CC46CC[C@H](C)CC6CCC5C3C[C@]2(O)O1)C(C)(C)O. The highest BCUT2D eigenvalue weighted by Gasteiger charge is 2.79. The van der Waals surface area contributed by atoms with E-state index in [0.29, 0.717) is 35.5 Å². The minimum Gasteiger partial charge on any atom is -0.457 e. The minimum absolute atomic E-state index is 0.111. The van der Waals surface area contributed by atoms with Crippen molar-refractivity contribution in [3.63, 3.8) is 0 Å². The molecule has 5 nitrogen and oxygen atoms in total. The van der Waals surface area contributed by atoms with Crippen LogP contribution in [0.15, 0.2) is 0 Å². The largest absolute Gasteiger partial charge is 0.457 e. The van der Waals surface area contributed by atoms with Crippen molar-refractivity contribution in [1.29, 1.82) is 0 Å². The number of rotatable bonds is 3. The molecule has 0 amide bonds. The van der Waals surface area contributed by atoms with Gasteiger partial charge < -0.3 is 19.7 Å². The van der Waals surface area contributed by atoms with E-state index in [2.05, 4.69) is 13.8 Å². The fourth-order valence-electron chi connectivity index (χ4n) is 10.9. The molecule has 1 aliphatic heterocycles.